The molecule has 0 heterocycles. The second-order valence-electron chi connectivity index (χ2n) is 7.24. The average Bonchev–Trinajstić information content (AvgIpc) is 2.54. The van der Waals surface area contributed by atoms with Crippen molar-refractivity contribution in [1.82, 2.24) is 4.90 Å². The van der Waals surface area contributed by atoms with Gasteiger partial charge in [-0.05, 0) is 59.2 Å². The van der Waals surface area contributed by atoms with Crippen LogP contribution in [-0.2, 0) is 0 Å². The Bertz CT molecular complexity index is 636. The SMILES string of the molecule is Cc1ccc(O)c([C@H](CCN(C(C)C)C(C)C)c2ccccc2)c1.Cl.O. The highest BCUT2D eigenvalue weighted by molar-refractivity contribution is 5.85. The molecule has 4 heteroatoms. The van der Waals surface area contributed by atoms with Gasteiger partial charge < -0.3 is 10.6 Å². The molecule has 0 spiro atoms. The van der Waals surface area contributed by atoms with Gasteiger partial charge in [0.2, 0.25) is 0 Å². The number of phenols is 1. The van der Waals surface area contributed by atoms with Crippen LogP contribution in [0.5, 0.6) is 5.75 Å². The first kappa shape index (κ1) is 24.5. The van der Waals surface area contributed by atoms with Crippen LogP contribution in [-0.4, -0.2) is 34.1 Å². The lowest BCUT2D eigenvalue weighted by atomic mass is 9.87. The molecule has 0 amide bonds. The molecule has 0 aromatic heterocycles. The third kappa shape index (κ3) is 6.31. The molecular weight excluding hydrogens is 346 g/mol. The molecular formula is C22H34ClNO2. The van der Waals surface area contributed by atoms with Crippen LogP contribution in [0.4, 0.5) is 0 Å². The van der Waals surface area contributed by atoms with Crippen LogP contribution >= 0.6 is 12.4 Å². The largest absolute Gasteiger partial charge is 0.508 e. The van der Waals surface area contributed by atoms with E-state index < -0.39 is 0 Å². The zero-order valence-corrected chi connectivity index (χ0v) is 17.4. The summed E-state index contributed by atoms with van der Waals surface area (Å²) in [5.41, 5.74) is 3.49. The predicted molar refractivity (Wildman–Crippen MR) is 114 cm³/mol. The maximum absolute atomic E-state index is 10.4. The molecule has 0 radical (unpaired) electrons. The van der Waals surface area contributed by atoms with Crippen LogP contribution < -0.4 is 0 Å². The summed E-state index contributed by atoms with van der Waals surface area (Å²) in [4.78, 5) is 2.52. The van der Waals surface area contributed by atoms with Gasteiger partial charge in [-0.2, -0.15) is 0 Å². The molecule has 3 nitrogen and oxygen atoms in total. The van der Waals surface area contributed by atoms with Gasteiger partial charge in [0.05, 0.1) is 0 Å². The molecule has 1 atom stereocenters. The van der Waals surface area contributed by atoms with Gasteiger partial charge in [-0.1, -0.05) is 48.0 Å². The van der Waals surface area contributed by atoms with Crippen molar-refractivity contribution in [1.29, 1.82) is 0 Å². The Morgan fingerprint density at radius 1 is 0.923 bits per heavy atom. The number of rotatable bonds is 7. The number of benzene rings is 2. The number of phenolic OH excluding ortho intramolecular Hbond substituents is 1. The Kier molecular flexibility index (Phi) is 10.6. The topological polar surface area (TPSA) is 55.0 Å². The molecule has 0 bridgehead atoms. The number of nitrogens with zero attached hydrogens (tertiary/aromatic N) is 1. The van der Waals surface area contributed by atoms with Crippen molar-refractivity contribution in [3.63, 3.8) is 0 Å². The highest BCUT2D eigenvalue weighted by Crippen LogP contribution is 2.35. The van der Waals surface area contributed by atoms with Crippen molar-refractivity contribution in [2.75, 3.05) is 6.54 Å². The van der Waals surface area contributed by atoms with Crippen LogP contribution in [0.15, 0.2) is 48.5 Å². The van der Waals surface area contributed by atoms with Crippen molar-refractivity contribution in [3.8, 4) is 5.75 Å². The predicted octanol–water partition coefficient (Wildman–Crippen LogP) is 4.94. The molecule has 3 N–H and O–H groups in total. The van der Waals surface area contributed by atoms with Crippen molar-refractivity contribution in [2.45, 2.75) is 59.0 Å². The van der Waals surface area contributed by atoms with Crippen LogP contribution in [0.2, 0.25) is 0 Å². The Balaban J connectivity index is 0.00000312. The number of aryl methyl sites for hydroxylation is 1. The van der Waals surface area contributed by atoms with Gasteiger partial charge in [-0.15, -0.1) is 12.4 Å². The summed E-state index contributed by atoms with van der Waals surface area (Å²) in [5.74, 6) is 0.612. The fourth-order valence-electron chi connectivity index (χ4n) is 3.53. The second kappa shape index (κ2) is 11.2. The first-order chi connectivity index (χ1) is 11.4. The third-order valence-electron chi connectivity index (χ3n) is 4.76. The first-order valence-corrected chi connectivity index (χ1v) is 9.00. The molecule has 0 fully saturated rings. The summed E-state index contributed by atoms with van der Waals surface area (Å²) >= 11 is 0. The Morgan fingerprint density at radius 2 is 1.50 bits per heavy atom. The van der Waals surface area contributed by atoms with Gasteiger partial charge in [-0.25, -0.2) is 0 Å². The molecule has 0 unspecified atom stereocenters. The van der Waals surface area contributed by atoms with Gasteiger partial charge in [0.1, 0.15) is 5.75 Å². The fourth-order valence-corrected chi connectivity index (χ4v) is 3.53. The van der Waals surface area contributed by atoms with E-state index in [0.29, 0.717) is 17.8 Å². The minimum absolute atomic E-state index is 0. The average molecular weight is 380 g/mol. The highest BCUT2D eigenvalue weighted by atomic mass is 35.5. The van der Waals surface area contributed by atoms with Crippen LogP contribution in [0.3, 0.4) is 0 Å². The summed E-state index contributed by atoms with van der Waals surface area (Å²) < 4.78 is 0. The summed E-state index contributed by atoms with van der Waals surface area (Å²) in [5, 5.41) is 10.4. The molecule has 146 valence electrons. The smallest absolute Gasteiger partial charge is 0.119 e. The molecule has 2 rings (SSSR count). The first-order valence-electron chi connectivity index (χ1n) is 9.00. The van der Waals surface area contributed by atoms with Crippen molar-refractivity contribution in [3.05, 3.63) is 65.2 Å². The van der Waals surface area contributed by atoms with E-state index in [2.05, 4.69) is 69.9 Å². The van der Waals surface area contributed by atoms with Gasteiger partial charge in [0, 0.05) is 23.6 Å². The summed E-state index contributed by atoms with van der Waals surface area (Å²) in [6.07, 6.45) is 0.997. The lowest BCUT2D eigenvalue weighted by Crippen LogP contribution is -2.38. The van der Waals surface area contributed by atoms with E-state index in [4.69, 9.17) is 0 Å². The summed E-state index contributed by atoms with van der Waals surface area (Å²) in [7, 11) is 0. The normalized spacial score (nSPS) is 12.0. The van der Waals surface area contributed by atoms with E-state index in [9.17, 15) is 5.11 Å². The molecule has 2 aromatic carbocycles. The standard InChI is InChI=1S/C22H31NO.ClH.H2O/c1-16(2)23(17(3)4)14-13-20(19-9-7-6-8-10-19)21-15-18(5)11-12-22(21)24;;/h6-12,15-17,20,24H,13-14H2,1-5H3;1H;1H2/t20-;;/m1../s1. The third-order valence-corrected chi connectivity index (χ3v) is 4.76. The highest BCUT2D eigenvalue weighted by Gasteiger charge is 2.21. The van der Waals surface area contributed by atoms with E-state index in [1.165, 1.54) is 11.1 Å². The van der Waals surface area contributed by atoms with E-state index in [-0.39, 0.29) is 23.8 Å². The van der Waals surface area contributed by atoms with E-state index in [0.717, 1.165) is 18.5 Å². The summed E-state index contributed by atoms with van der Waals surface area (Å²) in [6, 6.07) is 17.5. The molecule has 0 saturated heterocycles. The van der Waals surface area contributed by atoms with Gasteiger partial charge in [0.15, 0.2) is 0 Å². The minimum atomic E-state index is 0. The van der Waals surface area contributed by atoms with Crippen molar-refractivity contribution in [2.24, 2.45) is 0 Å². The number of halogens is 1. The summed E-state index contributed by atoms with van der Waals surface area (Å²) in [6.45, 7) is 12.1. The molecule has 0 aliphatic heterocycles. The van der Waals surface area contributed by atoms with Gasteiger partial charge in [0.25, 0.3) is 0 Å². The van der Waals surface area contributed by atoms with Crippen LogP contribution in [0.1, 0.15) is 56.7 Å². The maximum atomic E-state index is 10.4. The number of hydrogen-bond donors (Lipinski definition) is 1. The monoisotopic (exact) mass is 379 g/mol. The Labute approximate surface area is 164 Å². The number of hydrogen-bond acceptors (Lipinski definition) is 2. The van der Waals surface area contributed by atoms with E-state index >= 15 is 0 Å². The van der Waals surface area contributed by atoms with E-state index in [1.54, 1.807) is 0 Å². The van der Waals surface area contributed by atoms with Gasteiger partial charge >= 0.3 is 0 Å². The Morgan fingerprint density at radius 3 is 2.04 bits per heavy atom. The second-order valence-corrected chi connectivity index (χ2v) is 7.24. The maximum Gasteiger partial charge on any atom is 0.119 e. The molecule has 0 saturated carbocycles. The molecule has 26 heavy (non-hydrogen) atoms. The van der Waals surface area contributed by atoms with Crippen LogP contribution in [0.25, 0.3) is 0 Å². The lowest BCUT2D eigenvalue weighted by Gasteiger charge is -2.32. The zero-order valence-electron chi connectivity index (χ0n) is 16.6. The van der Waals surface area contributed by atoms with Crippen molar-refractivity contribution < 1.29 is 10.6 Å². The lowest BCUT2D eigenvalue weighted by molar-refractivity contribution is 0.170. The molecule has 0 aliphatic rings. The quantitative estimate of drug-likeness (QED) is 0.740. The van der Waals surface area contributed by atoms with Crippen molar-refractivity contribution >= 4 is 12.4 Å². The molecule has 2 aromatic rings. The van der Waals surface area contributed by atoms with E-state index in [1.807, 2.05) is 18.2 Å². The fraction of sp³-hybridized carbons (Fsp3) is 0.455. The van der Waals surface area contributed by atoms with Gasteiger partial charge in [-0.3, -0.25) is 4.90 Å². The minimum Gasteiger partial charge on any atom is -0.508 e. The number of aromatic hydroxyl groups is 1. The Hall–Kier alpha value is -1.55. The zero-order chi connectivity index (χ0) is 17.7. The molecule has 0 aliphatic carbocycles. The van der Waals surface area contributed by atoms with Crippen LogP contribution in [0, 0.1) is 6.92 Å².